The first-order valence-electron chi connectivity index (χ1n) is 6.57. The fourth-order valence-electron chi connectivity index (χ4n) is 2.46. The van der Waals surface area contributed by atoms with Crippen molar-refractivity contribution >= 4 is 11.6 Å². The second kappa shape index (κ2) is 5.22. The number of methoxy groups -OCH3 is 2. The van der Waals surface area contributed by atoms with Gasteiger partial charge in [0.05, 0.1) is 24.8 Å². The SMILES string of the molecule is COc1cc(CC2(O)CC2)c(C(C)C)c(Cl)c1OC. The molecule has 0 aliphatic heterocycles. The lowest BCUT2D eigenvalue weighted by molar-refractivity contribution is 0.150. The Bertz CT molecular complexity index is 479. The first kappa shape index (κ1) is 14.5. The monoisotopic (exact) mass is 284 g/mol. The molecule has 0 amide bonds. The largest absolute Gasteiger partial charge is 0.493 e. The molecule has 1 saturated carbocycles. The van der Waals surface area contributed by atoms with Crippen molar-refractivity contribution in [2.24, 2.45) is 0 Å². The molecule has 0 heterocycles. The van der Waals surface area contributed by atoms with Crippen LogP contribution in [0.2, 0.25) is 5.02 Å². The lowest BCUT2D eigenvalue weighted by Gasteiger charge is -2.21. The average Bonchev–Trinajstić information content (AvgIpc) is 3.05. The van der Waals surface area contributed by atoms with Crippen molar-refractivity contribution in [1.82, 2.24) is 0 Å². The van der Waals surface area contributed by atoms with Crippen LogP contribution < -0.4 is 9.47 Å². The van der Waals surface area contributed by atoms with Gasteiger partial charge in [-0.2, -0.15) is 0 Å². The normalized spacial score (nSPS) is 16.6. The highest BCUT2D eigenvalue weighted by molar-refractivity contribution is 6.33. The van der Waals surface area contributed by atoms with Crippen molar-refractivity contribution in [3.8, 4) is 11.5 Å². The second-order valence-electron chi connectivity index (χ2n) is 5.55. The molecule has 0 atom stereocenters. The molecule has 106 valence electrons. The molecule has 2 rings (SSSR count). The van der Waals surface area contributed by atoms with Gasteiger partial charge in [0.1, 0.15) is 0 Å². The van der Waals surface area contributed by atoms with Gasteiger partial charge >= 0.3 is 0 Å². The van der Waals surface area contributed by atoms with E-state index in [9.17, 15) is 5.11 Å². The van der Waals surface area contributed by atoms with E-state index >= 15 is 0 Å². The Balaban J connectivity index is 2.53. The Labute approximate surface area is 119 Å². The fourth-order valence-corrected chi connectivity index (χ4v) is 2.97. The highest BCUT2D eigenvalue weighted by Gasteiger charge is 2.41. The summed E-state index contributed by atoms with van der Waals surface area (Å²) in [7, 11) is 3.18. The molecule has 0 aromatic heterocycles. The molecular weight excluding hydrogens is 264 g/mol. The van der Waals surface area contributed by atoms with Crippen LogP contribution in [-0.2, 0) is 6.42 Å². The Kier molecular flexibility index (Phi) is 3.98. The average molecular weight is 285 g/mol. The molecule has 1 aliphatic rings. The van der Waals surface area contributed by atoms with Crippen LogP contribution in [0.1, 0.15) is 43.7 Å². The molecule has 0 radical (unpaired) electrons. The molecule has 1 N–H and O–H groups in total. The number of benzene rings is 1. The van der Waals surface area contributed by atoms with Crippen LogP contribution in [-0.4, -0.2) is 24.9 Å². The summed E-state index contributed by atoms with van der Waals surface area (Å²) >= 11 is 6.46. The van der Waals surface area contributed by atoms with Gasteiger partial charge in [-0.1, -0.05) is 25.4 Å². The van der Waals surface area contributed by atoms with E-state index in [4.69, 9.17) is 21.1 Å². The Morgan fingerprint density at radius 1 is 1.32 bits per heavy atom. The van der Waals surface area contributed by atoms with Crippen LogP contribution in [0.25, 0.3) is 0 Å². The topological polar surface area (TPSA) is 38.7 Å². The molecule has 19 heavy (non-hydrogen) atoms. The molecular formula is C15H21ClO3. The summed E-state index contributed by atoms with van der Waals surface area (Å²) in [4.78, 5) is 0. The third-order valence-corrected chi connectivity index (χ3v) is 4.03. The van der Waals surface area contributed by atoms with E-state index in [1.807, 2.05) is 6.07 Å². The maximum atomic E-state index is 10.2. The van der Waals surface area contributed by atoms with Gasteiger partial charge in [-0.15, -0.1) is 0 Å². The quantitative estimate of drug-likeness (QED) is 0.899. The molecule has 0 spiro atoms. The molecule has 1 aliphatic carbocycles. The van der Waals surface area contributed by atoms with E-state index in [0.717, 1.165) is 24.0 Å². The van der Waals surface area contributed by atoms with E-state index in [0.29, 0.717) is 22.9 Å². The summed E-state index contributed by atoms with van der Waals surface area (Å²) < 4.78 is 10.7. The van der Waals surface area contributed by atoms with Gasteiger partial charge in [-0.3, -0.25) is 0 Å². The summed E-state index contributed by atoms with van der Waals surface area (Å²) in [6, 6.07) is 1.94. The molecule has 1 fully saturated rings. The van der Waals surface area contributed by atoms with E-state index in [1.165, 1.54) is 0 Å². The van der Waals surface area contributed by atoms with E-state index in [2.05, 4.69) is 13.8 Å². The molecule has 1 aromatic rings. The number of rotatable bonds is 5. The molecule has 1 aromatic carbocycles. The maximum Gasteiger partial charge on any atom is 0.179 e. The van der Waals surface area contributed by atoms with Crippen LogP contribution in [0.3, 0.4) is 0 Å². The number of ether oxygens (including phenoxy) is 2. The van der Waals surface area contributed by atoms with Crippen LogP contribution in [0.5, 0.6) is 11.5 Å². The van der Waals surface area contributed by atoms with Gasteiger partial charge in [-0.25, -0.2) is 0 Å². The highest BCUT2D eigenvalue weighted by Crippen LogP contribution is 2.46. The number of halogens is 1. The van der Waals surface area contributed by atoms with Gasteiger partial charge in [0.15, 0.2) is 11.5 Å². The summed E-state index contributed by atoms with van der Waals surface area (Å²) in [5, 5.41) is 10.7. The predicted octanol–water partition coefficient (Wildman–Crippen LogP) is 3.55. The zero-order chi connectivity index (χ0) is 14.2. The predicted molar refractivity (Wildman–Crippen MR) is 76.5 cm³/mol. The highest BCUT2D eigenvalue weighted by atomic mass is 35.5. The van der Waals surface area contributed by atoms with Crippen LogP contribution >= 0.6 is 11.6 Å². The Hall–Kier alpha value is -0.930. The van der Waals surface area contributed by atoms with E-state index in [-0.39, 0.29) is 5.92 Å². The van der Waals surface area contributed by atoms with Crippen molar-refractivity contribution in [2.45, 2.75) is 44.6 Å². The molecule has 0 saturated heterocycles. The summed E-state index contributed by atoms with van der Waals surface area (Å²) in [5.74, 6) is 1.46. The standard InChI is InChI=1S/C15H21ClO3/c1-9(2)12-10(8-15(17)5-6-15)7-11(18-3)14(19-4)13(12)16/h7,9,17H,5-6,8H2,1-4H3. The molecule has 0 bridgehead atoms. The lowest BCUT2D eigenvalue weighted by Crippen LogP contribution is -2.14. The second-order valence-corrected chi connectivity index (χ2v) is 5.93. The van der Waals surface area contributed by atoms with Gasteiger partial charge in [0.25, 0.3) is 0 Å². The molecule has 3 nitrogen and oxygen atoms in total. The third-order valence-electron chi connectivity index (χ3n) is 3.66. The summed E-state index contributed by atoms with van der Waals surface area (Å²) in [5.41, 5.74) is 1.55. The Morgan fingerprint density at radius 2 is 1.95 bits per heavy atom. The van der Waals surface area contributed by atoms with Gasteiger partial charge in [0, 0.05) is 6.42 Å². The lowest BCUT2D eigenvalue weighted by atomic mass is 9.92. The van der Waals surface area contributed by atoms with Crippen molar-refractivity contribution in [3.05, 3.63) is 22.2 Å². The first-order valence-corrected chi connectivity index (χ1v) is 6.95. The van der Waals surface area contributed by atoms with Crippen LogP contribution in [0.15, 0.2) is 6.07 Å². The number of hydrogen-bond donors (Lipinski definition) is 1. The third kappa shape index (κ3) is 2.82. The Morgan fingerprint density at radius 3 is 2.37 bits per heavy atom. The van der Waals surface area contributed by atoms with Gasteiger partial charge in [-0.05, 0) is 36.0 Å². The molecule has 4 heteroatoms. The van der Waals surface area contributed by atoms with Gasteiger partial charge < -0.3 is 14.6 Å². The minimum atomic E-state index is -0.549. The van der Waals surface area contributed by atoms with Gasteiger partial charge in [0.2, 0.25) is 0 Å². The van der Waals surface area contributed by atoms with Crippen LogP contribution in [0, 0.1) is 0 Å². The minimum Gasteiger partial charge on any atom is -0.493 e. The van der Waals surface area contributed by atoms with Crippen molar-refractivity contribution < 1.29 is 14.6 Å². The summed E-state index contributed by atoms with van der Waals surface area (Å²) in [6.45, 7) is 4.18. The zero-order valence-electron chi connectivity index (χ0n) is 11.9. The van der Waals surface area contributed by atoms with E-state index in [1.54, 1.807) is 14.2 Å². The van der Waals surface area contributed by atoms with Crippen molar-refractivity contribution in [3.63, 3.8) is 0 Å². The number of hydrogen-bond acceptors (Lipinski definition) is 3. The summed E-state index contributed by atoms with van der Waals surface area (Å²) in [6.07, 6.45) is 2.34. The first-order chi connectivity index (χ1) is 8.91. The minimum absolute atomic E-state index is 0.268. The zero-order valence-corrected chi connectivity index (χ0v) is 12.7. The van der Waals surface area contributed by atoms with E-state index < -0.39 is 5.60 Å². The molecule has 0 unspecified atom stereocenters. The van der Waals surface area contributed by atoms with Crippen molar-refractivity contribution in [1.29, 1.82) is 0 Å². The number of aliphatic hydroxyl groups is 1. The fraction of sp³-hybridized carbons (Fsp3) is 0.600. The van der Waals surface area contributed by atoms with Crippen LogP contribution in [0.4, 0.5) is 0 Å². The smallest absolute Gasteiger partial charge is 0.179 e. The maximum absolute atomic E-state index is 10.2. The van der Waals surface area contributed by atoms with Crippen molar-refractivity contribution in [2.75, 3.05) is 14.2 Å².